The van der Waals surface area contributed by atoms with Gasteiger partial charge in [0.05, 0.1) is 12.0 Å². The largest absolute Gasteiger partial charge is 0.306 e. The van der Waals surface area contributed by atoms with E-state index in [-0.39, 0.29) is 5.54 Å². The van der Waals surface area contributed by atoms with Gasteiger partial charge in [0, 0.05) is 28.4 Å². The lowest BCUT2D eigenvalue weighted by Gasteiger charge is -2.21. The highest BCUT2D eigenvalue weighted by Crippen LogP contribution is 2.20. The predicted molar refractivity (Wildman–Crippen MR) is 82.6 cm³/mol. The molecule has 0 atom stereocenters. The number of aryl methyl sites for hydroxylation is 1. The number of hydrogen-bond donors (Lipinski definition) is 1. The van der Waals surface area contributed by atoms with Crippen LogP contribution >= 0.6 is 15.9 Å². The van der Waals surface area contributed by atoms with Crippen molar-refractivity contribution in [1.29, 1.82) is 0 Å². The summed E-state index contributed by atoms with van der Waals surface area (Å²) in [5, 5.41) is 3.49. The van der Waals surface area contributed by atoms with Crippen molar-refractivity contribution in [1.82, 2.24) is 14.9 Å². The highest BCUT2D eigenvalue weighted by molar-refractivity contribution is 9.10. The van der Waals surface area contributed by atoms with Gasteiger partial charge in [-0.2, -0.15) is 0 Å². The van der Waals surface area contributed by atoms with E-state index in [9.17, 15) is 0 Å². The van der Waals surface area contributed by atoms with E-state index in [1.165, 1.54) is 5.56 Å². The fourth-order valence-electron chi connectivity index (χ4n) is 1.90. The number of aromatic nitrogens is 2. The number of rotatable bonds is 3. The second-order valence-electron chi connectivity index (χ2n) is 5.85. The summed E-state index contributed by atoms with van der Waals surface area (Å²) in [6.07, 6.45) is 3.77. The monoisotopic (exact) mass is 321 g/mol. The molecular formula is C15H20BrN3. The predicted octanol–water partition coefficient (Wildman–Crippen LogP) is 3.83. The Morgan fingerprint density at radius 1 is 1.26 bits per heavy atom. The Morgan fingerprint density at radius 2 is 2.00 bits per heavy atom. The van der Waals surface area contributed by atoms with Gasteiger partial charge >= 0.3 is 0 Å². The molecule has 0 unspecified atom stereocenters. The summed E-state index contributed by atoms with van der Waals surface area (Å²) in [5.74, 6) is 0. The van der Waals surface area contributed by atoms with Crippen molar-refractivity contribution in [3.8, 4) is 5.69 Å². The summed E-state index contributed by atoms with van der Waals surface area (Å²) < 4.78 is 3.21. The van der Waals surface area contributed by atoms with Crippen LogP contribution in [0.4, 0.5) is 0 Å². The lowest BCUT2D eigenvalue weighted by Crippen LogP contribution is -2.35. The zero-order chi connectivity index (χ0) is 14.0. The van der Waals surface area contributed by atoms with Crippen LogP contribution in [0.15, 0.2) is 35.2 Å². The second kappa shape index (κ2) is 5.47. The molecule has 0 radical (unpaired) electrons. The van der Waals surface area contributed by atoms with Crippen molar-refractivity contribution < 1.29 is 0 Å². The first kappa shape index (κ1) is 14.3. The minimum absolute atomic E-state index is 0.0995. The molecule has 1 aromatic heterocycles. The molecule has 0 amide bonds. The number of hydrogen-bond acceptors (Lipinski definition) is 2. The minimum Gasteiger partial charge on any atom is -0.306 e. The first-order valence-electron chi connectivity index (χ1n) is 6.39. The van der Waals surface area contributed by atoms with Gasteiger partial charge in [0.25, 0.3) is 0 Å². The highest BCUT2D eigenvalue weighted by atomic mass is 79.9. The average molecular weight is 322 g/mol. The lowest BCUT2D eigenvalue weighted by molar-refractivity contribution is 0.419. The van der Waals surface area contributed by atoms with Crippen molar-refractivity contribution in [3.05, 3.63) is 46.5 Å². The zero-order valence-electron chi connectivity index (χ0n) is 11.9. The molecule has 3 nitrogen and oxygen atoms in total. The fraction of sp³-hybridized carbons (Fsp3) is 0.400. The molecule has 1 heterocycles. The smallest absolute Gasteiger partial charge is 0.0994 e. The number of nitrogens with zero attached hydrogens (tertiary/aromatic N) is 2. The average Bonchev–Trinajstić information content (AvgIpc) is 2.72. The zero-order valence-corrected chi connectivity index (χ0v) is 13.5. The topological polar surface area (TPSA) is 29.9 Å². The van der Waals surface area contributed by atoms with E-state index < -0.39 is 0 Å². The number of imidazole rings is 1. The normalized spacial score (nSPS) is 11.8. The standard InChI is InChI=1S/C15H20BrN3/c1-11-5-12(16)7-13(6-11)19-10-17-8-14(19)9-18-15(2,3)4/h5-8,10,18H,9H2,1-4H3. The summed E-state index contributed by atoms with van der Waals surface area (Å²) in [6.45, 7) is 9.39. The van der Waals surface area contributed by atoms with Crippen molar-refractivity contribution in [2.24, 2.45) is 0 Å². The maximum absolute atomic E-state index is 4.27. The summed E-state index contributed by atoms with van der Waals surface area (Å²) in [6, 6.07) is 6.37. The number of benzene rings is 1. The third-order valence-corrected chi connectivity index (χ3v) is 3.28. The van der Waals surface area contributed by atoms with Crippen LogP contribution in [0, 0.1) is 6.92 Å². The molecule has 0 aliphatic carbocycles. The molecule has 0 saturated carbocycles. The molecular weight excluding hydrogens is 302 g/mol. The van der Waals surface area contributed by atoms with Crippen LogP contribution in [0.5, 0.6) is 0 Å². The van der Waals surface area contributed by atoms with Crippen molar-refractivity contribution in [2.75, 3.05) is 0 Å². The number of nitrogens with one attached hydrogen (secondary N) is 1. The Hall–Kier alpha value is -1.13. The quantitative estimate of drug-likeness (QED) is 0.931. The first-order valence-corrected chi connectivity index (χ1v) is 7.18. The third-order valence-electron chi connectivity index (χ3n) is 2.82. The van der Waals surface area contributed by atoms with Gasteiger partial charge in [0.15, 0.2) is 0 Å². The molecule has 102 valence electrons. The first-order chi connectivity index (χ1) is 8.85. The Bertz CT molecular complexity index is 547. The van der Waals surface area contributed by atoms with Crippen molar-refractivity contribution in [3.63, 3.8) is 0 Å². The van der Waals surface area contributed by atoms with Gasteiger partial charge in [-0.05, 0) is 51.5 Å². The molecule has 0 aliphatic rings. The molecule has 2 aromatic rings. The maximum Gasteiger partial charge on any atom is 0.0994 e. The van der Waals surface area contributed by atoms with E-state index in [1.54, 1.807) is 0 Å². The molecule has 0 spiro atoms. The third kappa shape index (κ3) is 3.91. The second-order valence-corrected chi connectivity index (χ2v) is 6.76. The van der Waals surface area contributed by atoms with Gasteiger partial charge < -0.3 is 9.88 Å². The van der Waals surface area contributed by atoms with E-state index in [1.807, 2.05) is 12.5 Å². The number of halogens is 1. The molecule has 4 heteroatoms. The van der Waals surface area contributed by atoms with Crippen LogP contribution in [0.25, 0.3) is 5.69 Å². The Labute approximate surface area is 123 Å². The molecule has 0 bridgehead atoms. The summed E-state index contributed by atoms with van der Waals surface area (Å²) in [4.78, 5) is 4.27. The van der Waals surface area contributed by atoms with E-state index >= 15 is 0 Å². The molecule has 0 fully saturated rings. The Balaban J connectivity index is 2.28. The fourth-order valence-corrected chi connectivity index (χ4v) is 2.49. The van der Waals surface area contributed by atoms with E-state index in [0.29, 0.717) is 0 Å². The van der Waals surface area contributed by atoms with Gasteiger partial charge in [-0.1, -0.05) is 15.9 Å². The van der Waals surface area contributed by atoms with Crippen LogP contribution in [-0.4, -0.2) is 15.1 Å². The van der Waals surface area contributed by atoms with Gasteiger partial charge in [-0.3, -0.25) is 0 Å². The van der Waals surface area contributed by atoms with Gasteiger partial charge in [-0.15, -0.1) is 0 Å². The van der Waals surface area contributed by atoms with Crippen molar-refractivity contribution in [2.45, 2.75) is 39.8 Å². The molecule has 2 rings (SSSR count). The molecule has 0 saturated heterocycles. The molecule has 0 aliphatic heterocycles. The maximum atomic E-state index is 4.27. The lowest BCUT2D eigenvalue weighted by atomic mass is 10.1. The Kier molecular flexibility index (Phi) is 4.11. The summed E-state index contributed by atoms with van der Waals surface area (Å²) >= 11 is 3.54. The van der Waals surface area contributed by atoms with E-state index in [4.69, 9.17) is 0 Å². The van der Waals surface area contributed by atoms with Crippen molar-refractivity contribution >= 4 is 15.9 Å². The van der Waals surface area contributed by atoms with Crippen LogP contribution in [0.3, 0.4) is 0 Å². The SMILES string of the molecule is Cc1cc(Br)cc(-n2cncc2CNC(C)(C)C)c1. The summed E-state index contributed by atoms with van der Waals surface area (Å²) in [5.41, 5.74) is 3.62. The van der Waals surface area contributed by atoms with Crippen LogP contribution in [0.2, 0.25) is 0 Å². The van der Waals surface area contributed by atoms with Gasteiger partial charge in [-0.25, -0.2) is 4.98 Å². The van der Waals surface area contributed by atoms with Gasteiger partial charge in [0.1, 0.15) is 0 Å². The highest BCUT2D eigenvalue weighted by Gasteiger charge is 2.11. The van der Waals surface area contributed by atoms with Gasteiger partial charge in [0.2, 0.25) is 0 Å². The van der Waals surface area contributed by atoms with Crippen LogP contribution in [-0.2, 0) is 6.54 Å². The van der Waals surface area contributed by atoms with Crippen LogP contribution in [0.1, 0.15) is 32.0 Å². The summed E-state index contributed by atoms with van der Waals surface area (Å²) in [7, 11) is 0. The Morgan fingerprint density at radius 3 is 2.63 bits per heavy atom. The van der Waals surface area contributed by atoms with E-state index in [0.717, 1.165) is 22.4 Å². The molecule has 19 heavy (non-hydrogen) atoms. The minimum atomic E-state index is 0.0995. The molecule has 1 aromatic carbocycles. The molecule has 1 N–H and O–H groups in total. The van der Waals surface area contributed by atoms with E-state index in [2.05, 4.69) is 76.7 Å². The van der Waals surface area contributed by atoms with Crippen LogP contribution < -0.4 is 5.32 Å².